The van der Waals surface area contributed by atoms with Gasteiger partial charge in [-0.3, -0.25) is 9.59 Å². The van der Waals surface area contributed by atoms with Crippen LogP contribution < -0.4 is 10.6 Å². The van der Waals surface area contributed by atoms with E-state index in [1.165, 1.54) is 0 Å². The highest BCUT2D eigenvalue weighted by Crippen LogP contribution is 2.32. The number of amides is 3. The van der Waals surface area contributed by atoms with Crippen molar-refractivity contribution in [3.8, 4) is 0 Å². The lowest BCUT2D eigenvalue weighted by molar-refractivity contribution is -0.146. The number of rotatable bonds is 13. The molecule has 7 nitrogen and oxygen atoms in total. The molecule has 2 aromatic carbocycles. The van der Waals surface area contributed by atoms with Gasteiger partial charge in [-0.05, 0) is 88.5 Å². The molecule has 4 atom stereocenters. The summed E-state index contributed by atoms with van der Waals surface area (Å²) in [5, 5.41) is 5.99. The van der Waals surface area contributed by atoms with E-state index in [0.717, 1.165) is 35.1 Å². The molecule has 0 aliphatic rings. The van der Waals surface area contributed by atoms with Crippen molar-refractivity contribution >= 4 is 17.9 Å². The fraction of sp³-hybridized carbons (Fsp3) is 0.571. The Morgan fingerprint density at radius 1 is 0.881 bits per heavy atom. The molecule has 0 saturated heterocycles. The van der Waals surface area contributed by atoms with Gasteiger partial charge in [0.1, 0.15) is 17.7 Å². The Balaban J connectivity index is 2.65. The first-order valence-corrected chi connectivity index (χ1v) is 15.4. The van der Waals surface area contributed by atoms with Gasteiger partial charge < -0.3 is 20.3 Å². The summed E-state index contributed by atoms with van der Waals surface area (Å²) in [7, 11) is 0. The first-order valence-electron chi connectivity index (χ1n) is 15.4. The molecule has 2 N–H and O–H groups in total. The highest BCUT2D eigenvalue weighted by Gasteiger charge is 2.41. The molecule has 2 aromatic rings. The topological polar surface area (TPSA) is 87.7 Å². The van der Waals surface area contributed by atoms with Crippen molar-refractivity contribution in [3.63, 3.8) is 0 Å². The van der Waals surface area contributed by atoms with E-state index in [2.05, 4.69) is 24.5 Å². The lowest BCUT2D eigenvalue weighted by Crippen LogP contribution is -2.57. The largest absolute Gasteiger partial charge is 0.444 e. The molecular weight excluding hydrogens is 526 g/mol. The summed E-state index contributed by atoms with van der Waals surface area (Å²) in [5.41, 5.74) is 2.94. The Morgan fingerprint density at radius 2 is 1.48 bits per heavy atom. The highest BCUT2D eigenvalue weighted by atomic mass is 16.6. The molecule has 0 spiro atoms. The molecule has 0 fully saturated rings. The number of benzene rings is 2. The zero-order valence-electron chi connectivity index (χ0n) is 27.4. The maximum atomic E-state index is 14.7. The SMILES string of the molecule is CCC(C)C(NC(=O)OC(C)(C)C)C(=O)N(C(C)CCC(C)C)C(C(=O)NCc1ccccc1)c1c(C)cccc1C. The normalized spacial score (nSPS) is 14.5. The van der Waals surface area contributed by atoms with Gasteiger partial charge in [0.05, 0.1) is 0 Å². The first kappa shape index (κ1) is 34.8. The van der Waals surface area contributed by atoms with Crippen molar-refractivity contribution in [2.24, 2.45) is 11.8 Å². The summed E-state index contributed by atoms with van der Waals surface area (Å²) in [5.74, 6) is -0.286. The lowest BCUT2D eigenvalue weighted by Gasteiger charge is -2.40. The molecule has 0 heterocycles. The van der Waals surface area contributed by atoms with Gasteiger partial charge in [-0.1, -0.05) is 82.6 Å². The molecule has 0 aromatic heterocycles. The maximum absolute atomic E-state index is 14.7. The van der Waals surface area contributed by atoms with Crippen molar-refractivity contribution in [2.75, 3.05) is 0 Å². The van der Waals surface area contributed by atoms with Crippen molar-refractivity contribution in [1.82, 2.24) is 15.5 Å². The van der Waals surface area contributed by atoms with Crippen molar-refractivity contribution < 1.29 is 19.1 Å². The Labute approximate surface area is 253 Å². The second-order valence-corrected chi connectivity index (χ2v) is 13.0. The molecular formula is C35H53N3O4. The van der Waals surface area contributed by atoms with Crippen molar-refractivity contribution in [2.45, 2.75) is 119 Å². The Bertz CT molecular complexity index is 1150. The van der Waals surface area contributed by atoms with Crippen LogP contribution in [0.25, 0.3) is 0 Å². The number of hydrogen-bond donors (Lipinski definition) is 2. The fourth-order valence-electron chi connectivity index (χ4n) is 5.13. The van der Waals surface area contributed by atoms with Gasteiger partial charge in [-0.2, -0.15) is 0 Å². The third kappa shape index (κ3) is 10.2. The molecule has 0 radical (unpaired) electrons. The van der Waals surface area contributed by atoms with Crippen LogP contribution in [-0.4, -0.2) is 40.5 Å². The van der Waals surface area contributed by atoms with Gasteiger partial charge in [-0.15, -0.1) is 0 Å². The van der Waals surface area contributed by atoms with Crippen LogP contribution in [0.2, 0.25) is 0 Å². The summed E-state index contributed by atoms with van der Waals surface area (Å²) in [6.07, 6.45) is 1.63. The standard InChI is InChI=1S/C35H53N3O4/c1-11-24(4)30(37-34(41)42-35(8,9)10)33(40)38(27(7)21-20-23(2)3)31(29-25(5)16-15-17-26(29)6)32(39)36-22-28-18-13-12-14-19-28/h12-19,23-24,27,30-31H,11,20-22H2,1-10H3,(H,36,39)(H,37,41). The average molecular weight is 580 g/mol. The third-order valence-electron chi connectivity index (χ3n) is 7.69. The van der Waals surface area contributed by atoms with E-state index in [4.69, 9.17) is 4.74 Å². The maximum Gasteiger partial charge on any atom is 0.408 e. The first-order chi connectivity index (χ1) is 19.7. The smallest absolute Gasteiger partial charge is 0.408 e. The molecule has 3 amide bonds. The number of nitrogens with zero attached hydrogens (tertiary/aromatic N) is 1. The van der Waals surface area contributed by atoms with Crippen LogP contribution in [0.3, 0.4) is 0 Å². The van der Waals surface area contributed by atoms with Crippen molar-refractivity contribution in [3.05, 3.63) is 70.8 Å². The minimum atomic E-state index is -0.878. The van der Waals surface area contributed by atoms with Crippen LogP contribution in [0.1, 0.15) is 103 Å². The number of aryl methyl sites for hydroxylation is 2. The van der Waals surface area contributed by atoms with Crippen LogP contribution in [0, 0.1) is 25.7 Å². The van der Waals surface area contributed by atoms with E-state index in [0.29, 0.717) is 18.9 Å². The van der Waals surface area contributed by atoms with Crippen molar-refractivity contribution in [1.29, 1.82) is 0 Å². The van der Waals surface area contributed by atoms with Crippen LogP contribution in [-0.2, 0) is 20.9 Å². The fourth-order valence-corrected chi connectivity index (χ4v) is 5.13. The van der Waals surface area contributed by atoms with Gasteiger partial charge in [-0.25, -0.2) is 4.79 Å². The molecule has 4 unspecified atom stereocenters. The second kappa shape index (κ2) is 15.8. The lowest BCUT2D eigenvalue weighted by atomic mass is 9.90. The van der Waals surface area contributed by atoms with Crippen LogP contribution in [0.15, 0.2) is 48.5 Å². The molecule has 0 aliphatic carbocycles. The number of ether oxygens (including phenoxy) is 1. The summed E-state index contributed by atoms with van der Waals surface area (Å²) < 4.78 is 5.55. The Morgan fingerprint density at radius 3 is 2.00 bits per heavy atom. The monoisotopic (exact) mass is 579 g/mol. The third-order valence-corrected chi connectivity index (χ3v) is 7.69. The number of nitrogens with one attached hydrogen (secondary N) is 2. The van der Waals surface area contributed by atoms with Crippen LogP contribution >= 0.6 is 0 Å². The highest BCUT2D eigenvalue weighted by molar-refractivity contribution is 5.93. The molecule has 2 rings (SSSR count). The number of carbonyl (C=O) groups is 3. The summed E-state index contributed by atoms with van der Waals surface area (Å²) in [6, 6.07) is 13.7. The number of carbonyl (C=O) groups excluding carboxylic acids is 3. The predicted molar refractivity (Wildman–Crippen MR) is 170 cm³/mol. The molecule has 42 heavy (non-hydrogen) atoms. The molecule has 0 bridgehead atoms. The van der Waals surface area contributed by atoms with Crippen LogP contribution in [0.5, 0.6) is 0 Å². The molecule has 0 saturated carbocycles. The van der Waals surface area contributed by atoms with E-state index in [1.807, 2.05) is 83.1 Å². The quantitative estimate of drug-likeness (QED) is 0.262. The summed E-state index contributed by atoms with van der Waals surface area (Å²) in [4.78, 5) is 43.7. The summed E-state index contributed by atoms with van der Waals surface area (Å²) >= 11 is 0. The van der Waals surface area contributed by atoms with E-state index in [1.54, 1.807) is 25.7 Å². The molecule has 0 aliphatic heterocycles. The Kier molecular flexibility index (Phi) is 13.1. The zero-order chi connectivity index (χ0) is 31.6. The minimum Gasteiger partial charge on any atom is -0.444 e. The molecule has 7 heteroatoms. The van der Waals surface area contributed by atoms with Gasteiger partial charge in [0, 0.05) is 12.6 Å². The van der Waals surface area contributed by atoms with E-state index >= 15 is 0 Å². The van der Waals surface area contributed by atoms with Gasteiger partial charge in [0.15, 0.2) is 0 Å². The van der Waals surface area contributed by atoms with E-state index in [9.17, 15) is 14.4 Å². The number of hydrogen-bond acceptors (Lipinski definition) is 4. The van der Waals surface area contributed by atoms with Gasteiger partial charge in [0.2, 0.25) is 11.8 Å². The van der Waals surface area contributed by atoms with E-state index in [-0.39, 0.29) is 23.8 Å². The summed E-state index contributed by atoms with van der Waals surface area (Å²) in [6.45, 7) is 19.9. The zero-order valence-corrected chi connectivity index (χ0v) is 27.4. The average Bonchev–Trinajstić information content (AvgIpc) is 2.91. The number of alkyl carbamates (subject to hydrolysis) is 1. The second-order valence-electron chi connectivity index (χ2n) is 13.0. The molecule has 232 valence electrons. The van der Waals surface area contributed by atoms with E-state index < -0.39 is 23.8 Å². The predicted octanol–water partition coefficient (Wildman–Crippen LogP) is 7.25. The minimum absolute atomic E-state index is 0.184. The van der Waals surface area contributed by atoms with Gasteiger partial charge >= 0.3 is 6.09 Å². The van der Waals surface area contributed by atoms with Crippen LogP contribution in [0.4, 0.5) is 4.79 Å². The van der Waals surface area contributed by atoms with Gasteiger partial charge in [0.25, 0.3) is 0 Å². The Hall–Kier alpha value is -3.35.